The molecule has 7 nitrogen and oxygen atoms in total. The van der Waals surface area contributed by atoms with Crippen LogP contribution in [0.5, 0.6) is 0 Å². The fourth-order valence-corrected chi connectivity index (χ4v) is 3.30. The minimum Gasteiger partial charge on any atom is -0.465 e. The molecule has 8 heteroatoms. The molecule has 0 aliphatic heterocycles. The summed E-state index contributed by atoms with van der Waals surface area (Å²) in [6, 6.07) is 14.5. The van der Waals surface area contributed by atoms with E-state index in [1.54, 1.807) is 31.3 Å². The molecule has 1 amide bonds. The van der Waals surface area contributed by atoms with Crippen LogP contribution in [0.1, 0.15) is 10.4 Å². The Hall–Kier alpha value is -2.71. The van der Waals surface area contributed by atoms with Crippen LogP contribution in [0, 0.1) is 0 Å². The van der Waals surface area contributed by atoms with Crippen molar-refractivity contribution in [1.82, 2.24) is 4.72 Å². The Labute approximate surface area is 146 Å². The maximum absolute atomic E-state index is 12.4. The van der Waals surface area contributed by atoms with Gasteiger partial charge in [-0.3, -0.25) is 4.79 Å². The number of carbonyl (C=O) groups is 2. The van der Waals surface area contributed by atoms with Crippen LogP contribution in [0.25, 0.3) is 0 Å². The van der Waals surface area contributed by atoms with Crippen molar-refractivity contribution >= 4 is 27.6 Å². The Morgan fingerprint density at radius 1 is 1.04 bits per heavy atom. The average molecular weight is 362 g/mol. The Bertz CT molecular complexity index is 866. The molecule has 0 spiro atoms. The van der Waals surface area contributed by atoms with Crippen LogP contribution in [0.15, 0.2) is 59.5 Å². The lowest BCUT2D eigenvalue weighted by molar-refractivity contribution is -0.117. The SMILES string of the molecule is COC(=O)c1ccccc1S(=O)(=O)NCC(=O)N(C)c1ccccc1. The van der Waals surface area contributed by atoms with Gasteiger partial charge in [0.2, 0.25) is 15.9 Å². The van der Waals surface area contributed by atoms with Crippen molar-refractivity contribution in [2.24, 2.45) is 0 Å². The number of nitrogens with zero attached hydrogens (tertiary/aromatic N) is 1. The molecule has 0 atom stereocenters. The zero-order chi connectivity index (χ0) is 18.4. The molecule has 0 saturated heterocycles. The van der Waals surface area contributed by atoms with Gasteiger partial charge < -0.3 is 9.64 Å². The molecular formula is C17H18N2O5S. The number of nitrogens with one attached hydrogen (secondary N) is 1. The standard InChI is InChI=1S/C17H18N2O5S/c1-19(13-8-4-3-5-9-13)16(20)12-18-25(22,23)15-11-7-6-10-14(15)17(21)24-2/h3-11,18H,12H2,1-2H3. The number of ether oxygens (including phenoxy) is 1. The third-order valence-corrected chi connectivity index (χ3v) is 4.97. The molecule has 0 aromatic heterocycles. The predicted molar refractivity (Wildman–Crippen MR) is 92.8 cm³/mol. The van der Waals surface area contributed by atoms with Crippen molar-refractivity contribution in [3.63, 3.8) is 0 Å². The van der Waals surface area contributed by atoms with Crippen LogP contribution in [-0.4, -0.2) is 41.0 Å². The zero-order valence-electron chi connectivity index (χ0n) is 13.8. The van der Waals surface area contributed by atoms with Gasteiger partial charge in [-0.1, -0.05) is 30.3 Å². The Morgan fingerprint density at radius 3 is 2.28 bits per heavy atom. The van der Waals surface area contributed by atoms with Crippen molar-refractivity contribution in [2.45, 2.75) is 4.90 Å². The summed E-state index contributed by atoms with van der Waals surface area (Å²) in [5.41, 5.74) is 0.544. The topological polar surface area (TPSA) is 92.8 Å². The number of benzene rings is 2. The lowest BCUT2D eigenvalue weighted by Crippen LogP contribution is -2.38. The van der Waals surface area contributed by atoms with E-state index in [1.807, 2.05) is 6.07 Å². The molecule has 0 unspecified atom stereocenters. The molecule has 0 aliphatic rings. The second-order valence-electron chi connectivity index (χ2n) is 5.10. The number of anilines is 1. The summed E-state index contributed by atoms with van der Waals surface area (Å²) >= 11 is 0. The van der Waals surface area contributed by atoms with Gasteiger partial charge in [0.25, 0.3) is 0 Å². The molecule has 1 N–H and O–H groups in total. The third-order valence-electron chi connectivity index (χ3n) is 3.51. The number of rotatable bonds is 6. The van der Waals surface area contributed by atoms with Gasteiger partial charge in [-0.25, -0.2) is 17.9 Å². The molecule has 0 heterocycles. The van der Waals surface area contributed by atoms with E-state index in [-0.39, 0.29) is 10.5 Å². The summed E-state index contributed by atoms with van der Waals surface area (Å²) in [6.07, 6.45) is 0. The van der Waals surface area contributed by atoms with E-state index < -0.39 is 28.4 Å². The Morgan fingerprint density at radius 2 is 1.64 bits per heavy atom. The molecular weight excluding hydrogens is 344 g/mol. The molecule has 132 valence electrons. The largest absolute Gasteiger partial charge is 0.465 e. The van der Waals surface area contributed by atoms with E-state index in [2.05, 4.69) is 9.46 Å². The molecule has 2 aromatic rings. The number of hydrogen-bond acceptors (Lipinski definition) is 5. The molecule has 0 fully saturated rings. The summed E-state index contributed by atoms with van der Waals surface area (Å²) in [7, 11) is -1.34. The van der Waals surface area contributed by atoms with Gasteiger partial charge in [0.1, 0.15) is 0 Å². The van der Waals surface area contributed by atoms with Crippen LogP contribution in [0.2, 0.25) is 0 Å². The lowest BCUT2D eigenvalue weighted by atomic mass is 10.2. The second kappa shape index (κ2) is 7.91. The first kappa shape index (κ1) is 18.6. The Balaban J connectivity index is 2.15. The molecule has 0 radical (unpaired) electrons. The minimum atomic E-state index is -4.06. The third kappa shape index (κ3) is 4.43. The summed E-state index contributed by atoms with van der Waals surface area (Å²) in [5, 5.41) is 0. The smallest absolute Gasteiger partial charge is 0.339 e. The number of carbonyl (C=O) groups excluding carboxylic acids is 2. The molecule has 0 aliphatic carbocycles. The average Bonchev–Trinajstić information content (AvgIpc) is 2.65. The minimum absolute atomic E-state index is 0.0960. The highest BCUT2D eigenvalue weighted by Crippen LogP contribution is 2.16. The summed E-state index contributed by atoms with van der Waals surface area (Å²) in [4.78, 5) is 25.0. The van der Waals surface area contributed by atoms with Gasteiger partial charge in [-0.2, -0.15) is 0 Å². The van der Waals surface area contributed by atoms with Crippen molar-refractivity contribution in [2.75, 3.05) is 25.6 Å². The maximum Gasteiger partial charge on any atom is 0.339 e. The second-order valence-corrected chi connectivity index (χ2v) is 6.84. The fraction of sp³-hybridized carbons (Fsp3) is 0.176. The lowest BCUT2D eigenvalue weighted by Gasteiger charge is -2.18. The molecule has 2 rings (SSSR count). The molecule has 2 aromatic carbocycles. The van der Waals surface area contributed by atoms with E-state index in [0.29, 0.717) is 5.69 Å². The van der Waals surface area contributed by atoms with E-state index >= 15 is 0 Å². The van der Waals surface area contributed by atoms with Crippen LogP contribution in [0.3, 0.4) is 0 Å². The van der Waals surface area contributed by atoms with Crippen LogP contribution >= 0.6 is 0 Å². The van der Waals surface area contributed by atoms with Gasteiger partial charge in [0.15, 0.2) is 0 Å². The van der Waals surface area contributed by atoms with E-state index in [4.69, 9.17) is 0 Å². The van der Waals surface area contributed by atoms with E-state index in [9.17, 15) is 18.0 Å². The van der Waals surface area contributed by atoms with Crippen molar-refractivity contribution in [3.05, 3.63) is 60.2 Å². The predicted octanol–water partition coefficient (Wildman–Crippen LogP) is 1.41. The zero-order valence-corrected chi connectivity index (χ0v) is 14.6. The maximum atomic E-state index is 12.4. The molecule has 0 bridgehead atoms. The highest BCUT2D eigenvalue weighted by Gasteiger charge is 2.23. The highest BCUT2D eigenvalue weighted by atomic mass is 32.2. The number of methoxy groups -OCH3 is 1. The van der Waals surface area contributed by atoms with Crippen molar-refractivity contribution in [3.8, 4) is 0 Å². The summed E-state index contributed by atoms with van der Waals surface area (Å²) in [5.74, 6) is -1.21. The van der Waals surface area contributed by atoms with Gasteiger partial charge in [-0.05, 0) is 24.3 Å². The number of amides is 1. The number of esters is 1. The number of sulfonamides is 1. The Kier molecular flexibility index (Phi) is 5.89. The van der Waals surface area contributed by atoms with E-state index in [0.717, 1.165) is 7.11 Å². The van der Waals surface area contributed by atoms with Gasteiger partial charge in [0, 0.05) is 12.7 Å². The first-order valence-corrected chi connectivity index (χ1v) is 8.83. The van der Waals surface area contributed by atoms with Gasteiger partial charge in [-0.15, -0.1) is 0 Å². The van der Waals surface area contributed by atoms with Gasteiger partial charge in [0.05, 0.1) is 24.1 Å². The van der Waals surface area contributed by atoms with Crippen molar-refractivity contribution in [1.29, 1.82) is 0 Å². The van der Waals surface area contributed by atoms with Crippen LogP contribution in [-0.2, 0) is 19.6 Å². The molecule has 0 saturated carbocycles. The summed E-state index contributed by atoms with van der Waals surface area (Å²) in [6.45, 7) is -0.441. The number of likely N-dealkylation sites (N-methyl/N-ethyl adjacent to an activating group) is 1. The van der Waals surface area contributed by atoms with Gasteiger partial charge >= 0.3 is 5.97 Å². The fourth-order valence-electron chi connectivity index (χ4n) is 2.13. The summed E-state index contributed by atoms with van der Waals surface area (Å²) < 4.78 is 31.7. The van der Waals surface area contributed by atoms with Crippen molar-refractivity contribution < 1.29 is 22.7 Å². The molecule has 25 heavy (non-hydrogen) atoms. The number of hydrogen-bond donors (Lipinski definition) is 1. The normalized spacial score (nSPS) is 11.0. The monoisotopic (exact) mass is 362 g/mol. The van der Waals surface area contributed by atoms with E-state index in [1.165, 1.54) is 29.2 Å². The highest BCUT2D eigenvalue weighted by molar-refractivity contribution is 7.89. The quantitative estimate of drug-likeness (QED) is 0.785. The van der Waals surface area contributed by atoms with Crippen LogP contribution < -0.4 is 9.62 Å². The number of para-hydroxylation sites is 1. The first-order valence-electron chi connectivity index (χ1n) is 7.35. The van der Waals surface area contributed by atoms with Crippen LogP contribution in [0.4, 0.5) is 5.69 Å². The first-order chi connectivity index (χ1) is 11.9.